The summed E-state index contributed by atoms with van der Waals surface area (Å²) in [5.74, 6) is -0.0387. The summed E-state index contributed by atoms with van der Waals surface area (Å²) in [6.45, 7) is 6.78. The minimum Gasteiger partial charge on any atom is -0.352 e. The van der Waals surface area contributed by atoms with Gasteiger partial charge in [0.15, 0.2) is 5.11 Å². The molecule has 2 atom stereocenters. The Balaban J connectivity index is 1.46. The first kappa shape index (κ1) is 24.7. The second kappa shape index (κ2) is 10.6. The molecule has 4 aromatic rings. The number of aryl methyl sites for hydroxylation is 2. The Hall–Kier alpha value is -3.97. The fraction of sp³-hybridized carbons (Fsp3) is 0.233. The van der Waals surface area contributed by atoms with Crippen molar-refractivity contribution in [3.8, 4) is 5.69 Å². The highest BCUT2D eigenvalue weighted by Gasteiger charge is 2.41. The van der Waals surface area contributed by atoms with Crippen LogP contribution in [0.25, 0.3) is 5.69 Å². The summed E-state index contributed by atoms with van der Waals surface area (Å²) in [5.41, 5.74) is 7.42. The second-order valence-corrected chi connectivity index (χ2v) is 9.87. The first-order valence-electron chi connectivity index (χ1n) is 12.5. The Kier molecular flexibility index (Phi) is 7.06. The van der Waals surface area contributed by atoms with Gasteiger partial charge in [0.1, 0.15) is 0 Å². The van der Waals surface area contributed by atoms with E-state index in [1.165, 1.54) is 5.56 Å². The summed E-state index contributed by atoms with van der Waals surface area (Å²) in [6.07, 6.45) is 2.13. The van der Waals surface area contributed by atoms with Crippen LogP contribution in [0.1, 0.15) is 46.7 Å². The number of hydrogen-bond acceptors (Lipinski definition) is 3. The van der Waals surface area contributed by atoms with E-state index in [-0.39, 0.29) is 18.0 Å². The van der Waals surface area contributed by atoms with Crippen molar-refractivity contribution in [2.45, 2.75) is 39.3 Å². The van der Waals surface area contributed by atoms with E-state index in [0.29, 0.717) is 18.1 Å². The molecular formula is C30H31N5OS. The molecule has 6 nitrogen and oxygen atoms in total. The number of para-hydroxylation sites is 1. The molecule has 7 heteroatoms. The van der Waals surface area contributed by atoms with Crippen LogP contribution in [0.4, 0.5) is 5.69 Å². The topological polar surface area (TPSA) is 62.2 Å². The van der Waals surface area contributed by atoms with Crippen molar-refractivity contribution in [3.63, 3.8) is 0 Å². The smallest absolute Gasteiger partial charge is 0.226 e. The van der Waals surface area contributed by atoms with Crippen LogP contribution in [0.3, 0.4) is 0 Å². The molecule has 0 bridgehead atoms. The molecule has 2 aromatic heterocycles. The molecule has 2 N–H and O–H groups in total. The first-order valence-corrected chi connectivity index (χ1v) is 12.9. The van der Waals surface area contributed by atoms with Crippen LogP contribution in [-0.4, -0.2) is 32.0 Å². The molecule has 5 rings (SSSR count). The van der Waals surface area contributed by atoms with Gasteiger partial charge in [-0.25, -0.2) is 0 Å². The fourth-order valence-electron chi connectivity index (χ4n) is 5.21. The van der Waals surface area contributed by atoms with Gasteiger partial charge in [-0.3, -0.25) is 9.78 Å². The number of amides is 1. The van der Waals surface area contributed by atoms with Gasteiger partial charge in [-0.1, -0.05) is 36.4 Å². The second-order valence-electron chi connectivity index (χ2n) is 9.49. The van der Waals surface area contributed by atoms with Crippen LogP contribution in [0, 0.1) is 20.8 Å². The third-order valence-electron chi connectivity index (χ3n) is 6.88. The van der Waals surface area contributed by atoms with Gasteiger partial charge in [-0.05, 0) is 86.6 Å². The zero-order chi connectivity index (χ0) is 25.9. The standard InChI is InChI=1S/C30H31N5OS/c1-20-10-9-11-23(18-20)32-27(36)15-17-34-29(28(33-30(34)37)26-14-7-8-16-31-26)25-19-21(2)35(22(25)3)24-12-5-4-6-13-24/h4-14,16,18-19,28-29H,15,17H2,1-3H3,(H,32,36)(H,33,37). The number of pyridine rings is 1. The van der Waals surface area contributed by atoms with E-state index in [1.54, 1.807) is 0 Å². The molecule has 0 saturated carbocycles. The van der Waals surface area contributed by atoms with Crippen molar-refractivity contribution in [2.75, 3.05) is 11.9 Å². The summed E-state index contributed by atoms with van der Waals surface area (Å²) in [5, 5.41) is 7.15. The third-order valence-corrected chi connectivity index (χ3v) is 7.24. The number of nitrogens with one attached hydrogen (secondary N) is 2. The number of carbonyl (C=O) groups excluding carboxylic acids is 1. The van der Waals surface area contributed by atoms with Crippen molar-refractivity contribution in [3.05, 3.63) is 113 Å². The van der Waals surface area contributed by atoms with Gasteiger partial charge in [0.05, 0.1) is 17.8 Å². The maximum absolute atomic E-state index is 12.9. The molecule has 2 unspecified atom stereocenters. The Labute approximate surface area is 223 Å². The lowest BCUT2D eigenvalue weighted by Gasteiger charge is -2.28. The lowest BCUT2D eigenvalue weighted by molar-refractivity contribution is -0.116. The number of nitrogens with zero attached hydrogens (tertiary/aromatic N) is 3. The van der Waals surface area contributed by atoms with Gasteiger partial charge < -0.3 is 20.1 Å². The number of carbonyl (C=O) groups is 1. The molecule has 0 spiro atoms. The van der Waals surface area contributed by atoms with Gasteiger partial charge >= 0.3 is 0 Å². The van der Waals surface area contributed by atoms with Crippen LogP contribution in [-0.2, 0) is 4.79 Å². The first-order chi connectivity index (χ1) is 17.9. The quantitative estimate of drug-likeness (QED) is 0.309. The fourth-order valence-corrected chi connectivity index (χ4v) is 5.55. The van der Waals surface area contributed by atoms with E-state index in [0.717, 1.165) is 34.0 Å². The van der Waals surface area contributed by atoms with Gasteiger partial charge in [-0.15, -0.1) is 0 Å². The summed E-state index contributed by atoms with van der Waals surface area (Å²) in [4.78, 5) is 19.7. The molecule has 37 heavy (non-hydrogen) atoms. The summed E-state index contributed by atoms with van der Waals surface area (Å²) in [6, 6.07) is 26.1. The van der Waals surface area contributed by atoms with Crippen molar-refractivity contribution < 1.29 is 4.79 Å². The highest BCUT2D eigenvalue weighted by Crippen LogP contribution is 2.41. The molecule has 2 aromatic carbocycles. The minimum atomic E-state index is -0.127. The lowest BCUT2D eigenvalue weighted by Crippen LogP contribution is -2.32. The summed E-state index contributed by atoms with van der Waals surface area (Å²) in [7, 11) is 0. The van der Waals surface area contributed by atoms with Gasteiger partial charge in [0, 0.05) is 41.9 Å². The number of anilines is 1. The summed E-state index contributed by atoms with van der Waals surface area (Å²) < 4.78 is 2.27. The van der Waals surface area contributed by atoms with Gasteiger partial charge in [0.2, 0.25) is 5.91 Å². The Morgan fingerprint density at radius 3 is 2.51 bits per heavy atom. The van der Waals surface area contributed by atoms with E-state index in [4.69, 9.17) is 12.2 Å². The molecule has 0 aliphatic carbocycles. The zero-order valence-electron chi connectivity index (χ0n) is 21.3. The number of benzene rings is 2. The van der Waals surface area contributed by atoms with E-state index in [1.807, 2.05) is 61.7 Å². The SMILES string of the molecule is Cc1cccc(NC(=O)CCN2C(=S)NC(c3ccccn3)C2c2cc(C)n(-c3ccccc3)c2C)c1. The maximum Gasteiger partial charge on any atom is 0.226 e. The average Bonchev–Trinajstić information content (AvgIpc) is 3.38. The number of rotatable bonds is 7. The normalized spacial score (nSPS) is 17.1. The predicted molar refractivity (Wildman–Crippen MR) is 152 cm³/mol. The number of aromatic nitrogens is 2. The Bertz CT molecular complexity index is 1420. The molecular weight excluding hydrogens is 478 g/mol. The average molecular weight is 510 g/mol. The highest BCUT2D eigenvalue weighted by atomic mass is 32.1. The molecule has 188 valence electrons. The molecule has 1 amide bonds. The molecule has 3 heterocycles. The maximum atomic E-state index is 12.9. The zero-order valence-corrected chi connectivity index (χ0v) is 22.1. The number of hydrogen-bond donors (Lipinski definition) is 2. The van der Waals surface area contributed by atoms with Gasteiger partial charge in [-0.2, -0.15) is 0 Å². The molecule has 1 aliphatic rings. The lowest BCUT2D eigenvalue weighted by atomic mass is 9.96. The van der Waals surface area contributed by atoms with Crippen LogP contribution in [0.15, 0.2) is 85.1 Å². The predicted octanol–water partition coefficient (Wildman–Crippen LogP) is 5.80. The molecule has 0 radical (unpaired) electrons. The highest BCUT2D eigenvalue weighted by molar-refractivity contribution is 7.80. The minimum absolute atomic E-state index is 0.0387. The van der Waals surface area contributed by atoms with Gasteiger partial charge in [0.25, 0.3) is 0 Å². The monoisotopic (exact) mass is 509 g/mol. The third kappa shape index (κ3) is 5.13. The van der Waals surface area contributed by atoms with Crippen molar-refractivity contribution >= 4 is 28.9 Å². The Morgan fingerprint density at radius 1 is 1.00 bits per heavy atom. The number of thiocarbonyl (C=S) groups is 1. The van der Waals surface area contributed by atoms with Crippen LogP contribution >= 0.6 is 12.2 Å². The van der Waals surface area contributed by atoms with Crippen molar-refractivity contribution in [1.82, 2.24) is 19.8 Å². The largest absolute Gasteiger partial charge is 0.352 e. The van der Waals surface area contributed by atoms with Crippen molar-refractivity contribution in [1.29, 1.82) is 0 Å². The Morgan fingerprint density at radius 2 is 1.78 bits per heavy atom. The van der Waals surface area contributed by atoms with E-state index >= 15 is 0 Å². The summed E-state index contributed by atoms with van der Waals surface area (Å²) >= 11 is 5.82. The van der Waals surface area contributed by atoms with E-state index < -0.39 is 0 Å². The van der Waals surface area contributed by atoms with Crippen molar-refractivity contribution in [2.24, 2.45) is 0 Å². The molecule has 1 saturated heterocycles. The van der Waals surface area contributed by atoms with Crippen LogP contribution < -0.4 is 10.6 Å². The molecule has 1 aliphatic heterocycles. The molecule has 1 fully saturated rings. The van der Waals surface area contributed by atoms with E-state index in [2.05, 4.69) is 69.3 Å². The van der Waals surface area contributed by atoms with Crippen LogP contribution in [0.2, 0.25) is 0 Å². The van der Waals surface area contributed by atoms with Crippen LogP contribution in [0.5, 0.6) is 0 Å². The van der Waals surface area contributed by atoms with E-state index in [9.17, 15) is 4.79 Å².